The molecule has 114 valence electrons. The Kier molecular flexibility index (Phi) is 4.12. The smallest absolute Gasteiger partial charge is 0.127 e. The van der Waals surface area contributed by atoms with Gasteiger partial charge in [-0.25, -0.2) is 4.98 Å². The molecule has 1 saturated heterocycles. The Hall–Kier alpha value is -1.59. The van der Waals surface area contributed by atoms with Gasteiger partial charge < -0.3 is 14.6 Å². The minimum atomic E-state index is 0.338. The molecule has 1 N–H and O–H groups in total. The van der Waals surface area contributed by atoms with Crippen LogP contribution in [0, 0.1) is 0 Å². The molecule has 2 aromatic rings. The number of nitrogens with one attached hydrogen (secondary N) is 1. The Morgan fingerprint density at radius 3 is 2.76 bits per heavy atom. The fraction of sp³-hybridized carbons (Fsp3) is 0.562. The van der Waals surface area contributed by atoms with Crippen LogP contribution < -0.4 is 10.1 Å². The van der Waals surface area contributed by atoms with Crippen LogP contribution in [0.4, 0.5) is 0 Å². The van der Waals surface area contributed by atoms with Crippen molar-refractivity contribution < 1.29 is 4.74 Å². The largest absolute Gasteiger partial charge is 0.497 e. The van der Waals surface area contributed by atoms with E-state index in [0.717, 1.165) is 49.8 Å². The van der Waals surface area contributed by atoms with Gasteiger partial charge in [-0.15, -0.1) is 0 Å². The Bertz CT molecular complexity index is 616. The van der Waals surface area contributed by atoms with Crippen LogP contribution in [0.15, 0.2) is 18.2 Å². The zero-order valence-corrected chi connectivity index (χ0v) is 13.1. The predicted octanol–water partition coefficient (Wildman–Crippen LogP) is 2.03. The quantitative estimate of drug-likeness (QED) is 0.935. The molecule has 0 saturated carbocycles. The number of fused-ring (bicyclic) bond motifs is 1. The van der Waals surface area contributed by atoms with Crippen LogP contribution in [0.3, 0.4) is 0 Å². The molecule has 1 aliphatic rings. The first kappa shape index (κ1) is 14.4. The molecule has 0 radical (unpaired) electrons. The highest BCUT2D eigenvalue weighted by molar-refractivity contribution is 5.78. The molecule has 2 heterocycles. The third-order valence-corrected chi connectivity index (χ3v) is 4.37. The first-order valence-corrected chi connectivity index (χ1v) is 7.73. The Balaban J connectivity index is 2.00. The Morgan fingerprint density at radius 1 is 1.33 bits per heavy atom. The summed E-state index contributed by atoms with van der Waals surface area (Å²) in [5.41, 5.74) is 2.21. The Labute approximate surface area is 125 Å². The monoisotopic (exact) mass is 288 g/mol. The zero-order chi connectivity index (χ0) is 14.8. The minimum Gasteiger partial charge on any atom is -0.497 e. The van der Waals surface area contributed by atoms with E-state index in [-0.39, 0.29) is 0 Å². The van der Waals surface area contributed by atoms with Crippen molar-refractivity contribution in [3.63, 3.8) is 0 Å². The molecule has 0 spiro atoms. The third kappa shape index (κ3) is 2.63. The van der Waals surface area contributed by atoms with Crippen LogP contribution in [-0.2, 0) is 6.54 Å². The summed E-state index contributed by atoms with van der Waals surface area (Å²) < 4.78 is 7.63. The van der Waals surface area contributed by atoms with Crippen molar-refractivity contribution in [3.8, 4) is 5.75 Å². The van der Waals surface area contributed by atoms with Gasteiger partial charge in [0, 0.05) is 38.8 Å². The van der Waals surface area contributed by atoms with E-state index in [1.54, 1.807) is 7.11 Å². The highest BCUT2D eigenvalue weighted by Crippen LogP contribution is 2.27. The molecule has 0 aliphatic carbocycles. The highest BCUT2D eigenvalue weighted by atomic mass is 16.5. The summed E-state index contributed by atoms with van der Waals surface area (Å²) in [4.78, 5) is 7.39. The molecule has 5 heteroatoms. The molecule has 1 unspecified atom stereocenters. The maximum Gasteiger partial charge on any atom is 0.127 e. The van der Waals surface area contributed by atoms with Crippen molar-refractivity contribution >= 4 is 11.0 Å². The number of hydrogen-bond donors (Lipinski definition) is 1. The maximum absolute atomic E-state index is 5.31. The molecule has 5 nitrogen and oxygen atoms in total. The summed E-state index contributed by atoms with van der Waals surface area (Å²) in [7, 11) is 1.70. The van der Waals surface area contributed by atoms with E-state index in [1.807, 2.05) is 12.1 Å². The molecular formula is C16H24N4O. The fourth-order valence-electron chi connectivity index (χ4n) is 3.14. The van der Waals surface area contributed by atoms with Gasteiger partial charge in [-0.1, -0.05) is 0 Å². The molecular weight excluding hydrogens is 264 g/mol. The summed E-state index contributed by atoms with van der Waals surface area (Å²) in [6.07, 6.45) is 0. The van der Waals surface area contributed by atoms with Crippen LogP contribution in [0.5, 0.6) is 5.75 Å². The number of nitrogens with zero attached hydrogens (tertiary/aromatic N) is 3. The van der Waals surface area contributed by atoms with Gasteiger partial charge in [0.2, 0.25) is 0 Å². The van der Waals surface area contributed by atoms with Crippen LogP contribution >= 0.6 is 0 Å². The van der Waals surface area contributed by atoms with Gasteiger partial charge in [0.1, 0.15) is 11.6 Å². The number of methoxy groups -OCH3 is 1. The first-order valence-electron chi connectivity index (χ1n) is 7.73. The van der Waals surface area contributed by atoms with Crippen molar-refractivity contribution in [2.75, 3.05) is 33.3 Å². The van der Waals surface area contributed by atoms with Gasteiger partial charge >= 0.3 is 0 Å². The lowest BCUT2D eigenvalue weighted by Gasteiger charge is -2.32. The number of aromatic nitrogens is 2. The van der Waals surface area contributed by atoms with E-state index < -0.39 is 0 Å². The summed E-state index contributed by atoms with van der Waals surface area (Å²) >= 11 is 0. The molecule has 0 bridgehead atoms. The average molecular weight is 288 g/mol. The summed E-state index contributed by atoms with van der Waals surface area (Å²) in [6, 6.07) is 6.48. The van der Waals surface area contributed by atoms with E-state index in [2.05, 4.69) is 34.7 Å². The first-order chi connectivity index (χ1) is 10.2. The SMILES string of the molecule is CCn1c(C(C)N2CCNCC2)nc2cc(OC)ccc21. The zero-order valence-electron chi connectivity index (χ0n) is 13.1. The number of benzene rings is 1. The van der Waals surface area contributed by atoms with Crippen LogP contribution in [0.1, 0.15) is 25.7 Å². The van der Waals surface area contributed by atoms with Crippen molar-refractivity contribution in [1.82, 2.24) is 19.8 Å². The average Bonchev–Trinajstić information content (AvgIpc) is 2.92. The lowest BCUT2D eigenvalue weighted by molar-refractivity contribution is 0.176. The van der Waals surface area contributed by atoms with Crippen molar-refractivity contribution in [2.24, 2.45) is 0 Å². The molecule has 1 aromatic heterocycles. The minimum absolute atomic E-state index is 0.338. The maximum atomic E-state index is 5.31. The number of aryl methyl sites for hydroxylation is 1. The predicted molar refractivity (Wildman–Crippen MR) is 84.8 cm³/mol. The van der Waals surface area contributed by atoms with Gasteiger partial charge in [-0.3, -0.25) is 4.90 Å². The van der Waals surface area contributed by atoms with Crippen LogP contribution in [-0.4, -0.2) is 47.7 Å². The second kappa shape index (κ2) is 6.03. The van der Waals surface area contributed by atoms with E-state index in [1.165, 1.54) is 5.52 Å². The van der Waals surface area contributed by atoms with Crippen LogP contribution in [0.2, 0.25) is 0 Å². The van der Waals surface area contributed by atoms with Gasteiger partial charge in [0.15, 0.2) is 0 Å². The Morgan fingerprint density at radius 2 is 2.10 bits per heavy atom. The van der Waals surface area contributed by atoms with E-state index in [9.17, 15) is 0 Å². The number of hydrogen-bond acceptors (Lipinski definition) is 4. The summed E-state index contributed by atoms with van der Waals surface area (Å²) in [6.45, 7) is 9.66. The molecule has 1 aliphatic heterocycles. The fourth-order valence-corrected chi connectivity index (χ4v) is 3.14. The van der Waals surface area contributed by atoms with Crippen molar-refractivity contribution in [1.29, 1.82) is 0 Å². The number of rotatable bonds is 4. The molecule has 3 rings (SSSR count). The molecule has 0 amide bonds. The standard InChI is InChI=1S/C16H24N4O/c1-4-20-15-6-5-13(21-3)11-14(15)18-16(20)12(2)19-9-7-17-8-10-19/h5-6,11-12,17H,4,7-10H2,1-3H3. The molecule has 1 atom stereocenters. The van der Waals surface area contributed by atoms with Gasteiger partial charge in [-0.2, -0.15) is 0 Å². The highest BCUT2D eigenvalue weighted by Gasteiger charge is 2.23. The van der Waals surface area contributed by atoms with Crippen LogP contribution in [0.25, 0.3) is 11.0 Å². The van der Waals surface area contributed by atoms with Crippen molar-refractivity contribution in [3.05, 3.63) is 24.0 Å². The van der Waals surface area contributed by atoms with Gasteiger partial charge in [0.25, 0.3) is 0 Å². The number of ether oxygens (including phenoxy) is 1. The molecule has 1 aromatic carbocycles. The van der Waals surface area contributed by atoms with Crippen molar-refractivity contribution in [2.45, 2.75) is 26.4 Å². The second-order valence-electron chi connectivity index (χ2n) is 5.53. The van der Waals surface area contributed by atoms with Gasteiger partial charge in [0.05, 0.1) is 24.2 Å². The van der Waals surface area contributed by atoms with E-state index in [4.69, 9.17) is 9.72 Å². The summed E-state index contributed by atoms with van der Waals surface area (Å²) in [5, 5.41) is 3.41. The third-order valence-electron chi connectivity index (χ3n) is 4.37. The molecule has 1 fully saturated rings. The van der Waals surface area contributed by atoms with E-state index >= 15 is 0 Å². The summed E-state index contributed by atoms with van der Waals surface area (Å²) in [5.74, 6) is 2.02. The topological polar surface area (TPSA) is 42.3 Å². The lowest BCUT2D eigenvalue weighted by Crippen LogP contribution is -2.45. The normalized spacial score (nSPS) is 18.0. The number of piperazine rings is 1. The molecule has 21 heavy (non-hydrogen) atoms. The lowest BCUT2D eigenvalue weighted by atomic mass is 10.2. The van der Waals surface area contributed by atoms with Gasteiger partial charge in [-0.05, 0) is 26.0 Å². The van der Waals surface area contributed by atoms with E-state index in [0.29, 0.717) is 6.04 Å². The second-order valence-corrected chi connectivity index (χ2v) is 5.53. The number of imidazole rings is 1.